The number of nitrogens with zero attached hydrogens (tertiary/aromatic N) is 3. The third-order valence-electron chi connectivity index (χ3n) is 3.87. The van der Waals surface area contributed by atoms with Crippen molar-refractivity contribution in [3.05, 3.63) is 29.3 Å². The van der Waals surface area contributed by atoms with E-state index in [9.17, 15) is 32.3 Å². The predicted octanol–water partition coefficient (Wildman–Crippen LogP) is 0.333. The molecule has 0 aliphatic carbocycles. The molecular formula is C17H23N3O6S2. The first kappa shape index (κ1) is 24.0. The molecule has 3 atom stereocenters. The maximum atomic E-state index is 13.1. The van der Waals surface area contributed by atoms with Crippen LogP contribution >= 0.6 is 0 Å². The Morgan fingerprint density at radius 3 is 1.96 bits per heavy atom. The molecule has 0 spiro atoms. The standard InChI is InChI=1S/C17H23N3O6S2/c1-4-17(28(25,26)20(10-12(2)21)11-13(3)22)27(23,24)16-7-5-6-14(8-18)15(16)9-19/h5-7,12-13,17,21-22H,4,10-11H2,1-3H3. The molecule has 0 fully saturated rings. The molecule has 0 saturated carbocycles. The summed E-state index contributed by atoms with van der Waals surface area (Å²) in [4.78, 5) is -0.543. The SMILES string of the molecule is CCC(S(=O)(=O)c1cccc(C#N)c1C#N)S(=O)(=O)N(CC(C)O)CC(C)O. The maximum absolute atomic E-state index is 13.1. The maximum Gasteiger partial charge on any atom is 0.232 e. The number of hydrogen-bond donors (Lipinski definition) is 2. The van der Waals surface area contributed by atoms with E-state index in [2.05, 4.69) is 0 Å². The van der Waals surface area contributed by atoms with Gasteiger partial charge in [-0.2, -0.15) is 14.8 Å². The molecule has 9 nitrogen and oxygen atoms in total. The summed E-state index contributed by atoms with van der Waals surface area (Å²) in [5.74, 6) is 0. The average molecular weight is 430 g/mol. The van der Waals surface area contributed by atoms with E-state index in [1.165, 1.54) is 32.9 Å². The van der Waals surface area contributed by atoms with Crippen LogP contribution in [0.4, 0.5) is 0 Å². The van der Waals surface area contributed by atoms with Crippen molar-refractivity contribution in [2.75, 3.05) is 13.1 Å². The number of aliphatic hydroxyl groups excluding tert-OH is 2. The van der Waals surface area contributed by atoms with Gasteiger partial charge >= 0.3 is 0 Å². The molecule has 2 N–H and O–H groups in total. The van der Waals surface area contributed by atoms with Gasteiger partial charge in [-0.3, -0.25) is 0 Å². The quantitative estimate of drug-likeness (QED) is 0.568. The first-order valence-corrected chi connectivity index (χ1v) is 11.5. The number of nitriles is 2. The summed E-state index contributed by atoms with van der Waals surface area (Å²) in [5.41, 5.74) is -0.600. The fraction of sp³-hybridized carbons (Fsp3) is 0.529. The number of benzene rings is 1. The van der Waals surface area contributed by atoms with Crippen LogP contribution in [-0.2, 0) is 19.9 Å². The zero-order valence-electron chi connectivity index (χ0n) is 15.8. The largest absolute Gasteiger partial charge is 0.392 e. The van der Waals surface area contributed by atoms with Crippen molar-refractivity contribution >= 4 is 19.9 Å². The predicted molar refractivity (Wildman–Crippen MR) is 101 cm³/mol. The van der Waals surface area contributed by atoms with Crippen LogP contribution in [0.1, 0.15) is 38.3 Å². The van der Waals surface area contributed by atoms with Crippen molar-refractivity contribution in [1.82, 2.24) is 4.31 Å². The highest BCUT2D eigenvalue weighted by molar-refractivity contribution is 8.08. The van der Waals surface area contributed by atoms with Gasteiger partial charge < -0.3 is 10.2 Å². The number of hydrogen-bond acceptors (Lipinski definition) is 8. The molecule has 0 amide bonds. The summed E-state index contributed by atoms with van der Waals surface area (Å²) in [6.45, 7) is 3.24. The van der Waals surface area contributed by atoms with Crippen molar-refractivity contribution in [2.24, 2.45) is 0 Å². The molecule has 28 heavy (non-hydrogen) atoms. The summed E-state index contributed by atoms with van der Waals surface area (Å²) in [6.07, 6.45) is -2.52. The Morgan fingerprint density at radius 1 is 1.04 bits per heavy atom. The molecule has 1 aromatic carbocycles. The molecule has 1 aromatic rings. The Balaban J connectivity index is 3.62. The molecule has 0 radical (unpaired) electrons. The number of sulfone groups is 1. The lowest BCUT2D eigenvalue weighted by Crippen LogP contribution is -2.47. The number of sulfonamides is 1. The Hall–Kier alpha value is -2.02. The highest BCUT2D eigenvalue weighted by Crippen LogP contribution is 2.29. The highest BCUT2D eigenvalue weighted by atomic mass is 32.3. The lowest BCUT2D eigenvalue weighted by atomic mass is 10.1. The van der Waals surface area contributed by atoms with Crippen LogP contribution in [0.3, 0.4) is 0 Å². The molecule has 11 heteroatoms. The van der Waals surface area contributed by atoms with Crippen LogP contribution in [0.2, 0.25) is 0 Å². The molecule has 0 bridgehead atoms. The fourth-order valence-electron chi connectivity index (χ4n) is 2.75. The van der Waals surface area contributed by atoms with Crippen molar-refractivity contribution in [3.63, 3.8) is 0 Å². The normalized spacial score (nSPS) is 15.4. The lowest BCUT2D eigenvalue weighted by molar-refractivity contribution is 0.124. The van der Waals surface area contributed by atoms with Crippen LogP contribution in [0, 0.1) is 22.7 Å². The summed E-state index contributed by atoms with van der Waals surface area (Å²) in [6, 6.07) is 6.98. The molecule has 3 unspecified atom stereocenters. The van der Waals surface area contributed by atoms with Crippen LogP contribution in [-0.4, -0.2) is 61.2 Å². The molecular weight excluding hydrogens is 406 g/mol. The van der Waals surface area contributed by atoms with Gasteiger partial charge in [0.25, 0.3) is 0 Å². The van der Waals surface area contributed by atoms with E-state index >= 15 is 0 Å². The van der Waals surface area contributed by atoms with Crippen molar-refractivity contribution in [3.8, 4) is 12.1 Å². The van der Waals surface area contributed by atoms with E-state index < -0.39 is 60.2 Å². The van der Waals surface area contributed by atoms with E-state index in [4.69, 9.17) is 5.26 Å². The van der Waals surface area contributed by atoms with Gasteiger partial charge in [0.15, 0.2) is 14.4 Å². The van der Waals surface area contributed by atoms with E-state index in [1.807, 2.05) is 0 Å². The monoisotopic (exact) mass is 429 g/mol. The van der Waals surface area contributed by atoms with Gasteiger partial charge in [0.1, 0.15) is 12.1 Å². The minimum atomic E-state index is -4.57. The van der Waals surface area contributed by atoms with Gasteiger partial charge in [-0.25, -0.2) is 16.8 Å². The lowest BCUT2D eigenvalue weighted by Gasteiger charge is -2.29. The third-order valence-corrected chi connectivity index (χ3v) is 9.36. The zero-order chi connectivity index (χ0) is 21.7. The Kier molecular flexibility index (Phi) is 8.11. The number of aliphatic hydroxyl groups is 2. The first-order chi connectivity index (χ1) is 12.9. The number of rotatable bonds is 9. The van der Waals surface area contributed by atoms with Crippen molar-refractivity contribution < 1.29 is 27.0 Å². The summed E-state index contributed by atoms with van der Waals surface area (Å²) in [7, 11) is -9.09. The fourth-order valence-corrected chi connectivity index (χ4v) is 7.73. The smallest absolute Gasteiger partial charge is 0.232 e. The van der Waals surface area contributed by atoms with Crippen LogP contribution in [0.5, 0.6) is 0 Å². The van der Waals surface area contributed by atoms with E-state index in [-0.39, 0.29) is 12.0 Å². The first-order valence-electron chi connectivity index (χ1n) is 8.45. The van der Waals surface area contributed by atoms with E-state index in [0.29, 0.717) is 0 Å². The van der Waals surface area contributed by atoms with Crippen LogP contribution in [0.25, 0.3) is 0 Å². The Labute approximate surface area is 165 Å². The van der Waals surface area contributed by atoms with Gasteiger partial charge in [0.05, 0.1) is 28.2 Å². The van der Waals surface area contributed by atoms with Crippen molar-refractivity contribution in [1.29, 1.82) is 10.5 Å². The van der Waals surface area contributed by atoms with Gasteiger partial charge in [-0.15, -0.1) is 0 Å². The Bertz CT molecular complexity index is 979. The topological polar surface area (TPSA) is 160 Å². The second kappa shape index (κ2) is 9.45. The van der Waals surface area contributed by atoms with Crippen molar-refractivity contribution in [2.45, 2.75) is 48.9 Å². The van der Waals surface area contributed by atoms with E-state index in [1.54, 1.807) is 12.1 Å². The summed E-state index contributed by atoms with van der Waals surface area (Å²) < 4.78 is 51.2. The molecule has 1 rings (SSSR count). The molecule has 0 aromatic heterocycles. The van der Waals surface area contributed by atoms with Gasteiger partial charge in [0, 0.05) is 13.1 Å². The Morgan fingerprint density at radius 2 is 1.57 bits per heavy atom. The second-order valence-corrected chi connectivity index (χ2v) is 10.9. The van der Waals surface area contributed by atoms with Gasteiger partial charge in [0.2, 0.25) is 10.0 Å². The third kappa shape index (κ3) is 5.07. The molecule has 154 valence electrons. The van der Waals surface area contributed by atoms with Crippen LogP contribution in [0.15, 0.2) is 23.1 Å². The summed E-state index contributed by atoms with van der Waals surface area (Å²) in [5, 5.41) is 37.6. The average Bonchev–Trinajstić information content (AvgIpc) is 2.59. The zero-order valence-corrected chi connectivity index (χ0v) is 17.4. The minimum Gasteiger partial charge on any atom is -0.392 e. The van der Waals surface area contributed by atoms with E-state index in [0.717, 1.165) is 10.4 Å². The highest BCUT2D eigenvalue weighted by Gasteiger charge is 2.43. The molecule has 0 aliphatic heterocycles. The molecule has 0 aliphatic rings. The van der Waals surface area contributed by atoms with Gasteiger partial charge in [-0.1, -0.05) is 13.0 Å². The second-order valence-electron chi connectivity index (χ2n) is 6.35. The van der Waals surface area contributed by atoms with Gasteiger partial charge in [-0.05, 0) is 32.4 Å². The molecule has 0 heterocycles. The molecule has 0 saturated heterocycles. The summed E-state index contributed by atoms with van der Waals surface area (Å²) >= 11 is 0. The van der Waals surface area contributed by atoms with Crippen LogP contribution < -0.4 is 0 Å². The minimum absolute atomic E-state index is 0.180.